The molecule has 0 aliphatic heterocycles. The summed E-state index contributed by atoms with van der Waals surface area (Å²) in [7, 11) is 4.19. The van der Waals surface area contributed by atoms with Crippen LogP contribution in [0.1, 0.15) is 37.2 Å². The molecule has 118 valence electrons. The maximum atomic E-state index is 14.2. The Morgan fingerprint density at radius 3 is 2.71 bits per heavy atom. The molecule has 0 aromatic heterocycles. The third-order valence-electron chi connectivity index (χ3n) is 5.25. The Morgan fingerprint density at radius 1 is 1.24 bits per heavy atom. The van der Waals surface area contributed by atoms with Crippen LogP contribution >= 0.6 is 12.4 Å². The van der Waals surface area contributed by atoms with E-state index in [0.29, 0.717) is 5.92 Å². The van der Waals surface area contributed by atoms with Crippen molar-refractivity contribution in [1.82, 2.24) is 4.90 Å². The second kappa shape index (κ2) is 6.53. The lowest BCUT2D eigenvalue weighted by atomic mass is 9.69. The minimum absolute atomic E-state index is 0. The van der Waals surface area contributed by atoms with E-state index in [1.54, 1.807) is 6.07 Å². The zero-order valence-electron chi connectivity index (χ0n) is 12.8. The smallest absolute Gasteiger partial charge is 0.126 e. The maximum Gasteiger partial charge on any atom is 0.126 e. The van der Waals surface area contributed by atoms with Crippen molar-refractivity contribution in [2.45, 2.75) is 31.6 Å². The van der Waals surface area contributed by atoms with Crippen molar-refractivity contribution in [2.24, 2.45) is 17.8 Å². The van der Waals surface area contributed by atoms with Crippen molar-refractivity contribution in [1.29, 1.82) is 0 Å². The first kappa shape index (κ1) is 16.6. The number of hydrogen-bond acceptors (Lipinski definition) is 2. The Balaban J connectivity index is 0.00000161. The number of halogens is 2. The van der Waals surface area contributed by atoms with E-state index in [2.05, 4.69) is 19.0 Å². The molecule has 2 fully saturated rings. The average molecular weight is 314 g/mol. The number of fused-ring (bicyclic) bond motifs is 2. The molecule has 0 heterocycles. The van der Waals surface area contributed by atoms with Gasteiger partial charge in [0.05, 0.1) is 0 Å². The highest BCUT2D eigenvalue weighted by atomic mass is 35.5. The summed E-state index contributed by atoms with van der Waals surface area (Å²) in [4.78, 5) is 2.22. The predicted octanol–water partition coefficient (Wildman–Crippen LogP) is 4.03. The van der Waals surface area contributed by atoms with Gasteiger partial charge in [-0.05, 0) is 80.8 Å². The predicted molar refractivity (Wildman–Crippen MR) is 85.5 cm³/mol. The summed E-state index contributed by atoms with van der Waals surface area (Å²) in [6, 6.07) is 4.50. The summed E-state index contributed by atoms with van der Waals surface area (Å²) in [5.41, 5.74) is 0.730. The van der Waals surface area contributed by atoms with E-state index >= 15 is 0 Å². The molecule has 1 N–H and O–H groups in total. The highest BCUT2D eigenvalue weighted by molar-refractivity contribution is 5.85. The van der Waals surface area contributed by atoms with Gasteiger partial charge in [-0.2, -0.15) is 0 Å². The summed E-state index contributed by atoms with van der Waals surface area (Å²) in [5, 5.41) is 9.71. The number of phenols is 1. The van der Waals surface area contributed by atoms with Crippen LogP contribution in [0.3, 0.4) is 0 Å². The van der Waals surface area contributed by atoms with Crippen molar-refractivity contribution < 1.29 is 9.50 Å². The van der Waals surface area contributed by atoms with E-state index in [1.807, 2.05) is 0 Å². The normalized spacial score (nSPS) is 31.2. The molecule has 2 bridgehead atoms. The van der Waals surface area contributed by atoms with Crippen LogP contribution in [0.5, 0.6) is 5.75 Å². The topological polar surface area (TPSA) is 23.5 Å². The molecule has 21 heavy (non-hydrogen) atoms. The fourth-order valence-electron chi connectivity index (χ4n) is 4.45. The minimum Gasteiger partial charge on any atom is -0.508 e. The standard InChI is InChI=1S/C17H24FNO.ClH/c1-19(2)10-16-12-4-3-11(7-12)8-14(16)15-9-13(20)5-6-17(15)18;/h5-6,9,11-12,14,16,20H,3-4,7-8,10H2,1-2H3;1H. The van der Waals surface area contributed by atoms with Crippen LogP contribution in [-0.2, 0) is 0 Å². The van der Waals surface area contributed by atoms with E-state index in [0.717, 1.165) is 30.4 Å². The molecule has 4 heteroatoms. The van der Waals surface area contributed by atoms with Crippen LogP contribution in [0, 0.1) is 23.6 Å². The molecule has 2 saturated carbocycles. The molecule has 4 unspecified atom stereocenters. The van der Waals surface area contributed by atoms with Gasteiger partial charge in [0.1, 0.15) is 11.6 Å². The minimum atomic E-state index is -0.155. The fraction of sp³-hybridized carbons (Fsp3) is 0.647. The zero-order valence-corrected chi connectivity index (χ0v) is 13.6. The third-order valence-corrected chi connectivity index (χ3v) is 5.25. The highest BCUT2D eigenvalue weighted by Crippen LogP contribution is 2.52. The lowest BCUT2D eigenvalue weighted by molar-refractivity contribution is 0.162. The Kier molecular flexibility index (Phi) is 5.15. The van der Waals surface area contributed by atoms with Gasteiger partial charge in [-0.1, -0.05) is 6.42 Å². The average Bonchev–Trinajstić information content (AvgIpc) is 2.79. The molecule has 0 radical (unpaired) electrons. The second-order valence-electron chi connectivity index (χ2n) is 6.91. The van der Waals surface area contributed by atoms with Crippen molar-refractivity contribution in [3.63, 3.8) is 0 Å². The molecule has 0 spiro atoms. The van der Waals surface area contributed by atoms with Crippen molar-refractivity contribution >= 4 is 12.4 Å². The van der Waals surface area contributed by atoms with Crippen LogP contribution in [0.2, 0.25) is 0 Å². The molecule has 2 aliphatic rings. The molecule has 0 saturated heterocycles. The number of aromatic hydroxyl groups is 1. The van der Waals surface area contributed by atoms with E-state index in [4.69, 9.17) is 0 Å². The molecule has 2 nitrogen and oxygen atoms in total. The lowest BCUT2D eigenvalue weighted by Gasteiger charge is -2.38. The summed E-state index contributed by atoms with van der Waals surface area (Å²) in [5.74, 6) is 2.28. The molecule has 1 aromatic carbocycles. The van der Waals surface area contributed by atoms with Crippen molar-refractivity contribution in [3.8, 4) is 5.75 Å². The second-order valence-corrected chi connectivity index (χ2v) is 6.91. The Labute approximate surface area is 132 Å². The largest absolute Gasteiger partial charge is 0.508 e. The van der Waals surface area contributed by atoms with Gasteiger partial charge in [-0.3, -0.25) is 0 Å². The molecule has 0 amide bonds. The highest BCUT2D eigenvalue weighted by Gasteiger charge is 2.43. The number of benzene rings is 1. The van der Waals surface area contributed by atoms with Crippen LogP contribution in [0.25, 0.3) is 0 Å². The summed E-state index contributed by atoms with van der Waals surface area (Å²) in [6.45, 7) is 1.01. The molecule has 4 atom stereocenters. The summed E-state index contributed by atoms with van der Waals surface area (Å²) in [6.07, 6.45) is 4.98. The SMILES string of the molecule is CN(C)CC1C2CCC(C2)CC1c1cc(O)ccc1F.Cl. The van der Waals surface area contributed by atoms with E-state index in [1.165, 1.54) is 31.4 Å². The monoisotopic (exact) mass is 313 g/mol. The van der Waals surface area contributed by atoms with Gasteiger partial charge in [0.25, 0.3) is 0 Å². The third kappa shape index (κ3) is 3.35. The first-order valence-electron chi connectivity index (χ1n) is 7.67. The first-order valence-corrected chi connectivity index (χ1v) is 7.67. The Hall–Kier alpha value is -0.800. The number of phenolic OH excluding ortho intramolecular Hbond substituents is 1. The lowest BCUT2D eigenvalue weighted by Crippen LogP contribution is -2.34. The number of nitrogens with zero attached hydrogens (tertiary/aromatic N) is 1. The van der Waals surface area contributed by atoms with E-state index < -0.39 is 0 Å². The van der Waals surface area contributed by atoms with Crippen molar-refractivity contribution in [2.75, 3.05) is 20.6 Å². The molecule has 1 aromatic rings. The van der Waals surface area contributed by atoms with Gasteiger partial charge in [0.15, 0.2) is 0 Å². The van der Waals surface area contributed by atoms with Crippen LogP contribution in [-0.4, -0.2) is 30.6 Å². The van der Waals surface area contributed by atoms with E-state index in [-0.39, 0.29) is 29.9 Å². The quantitative estimate of drug-likeness (QED) is 0.910. The van der Waals surface area contributed by atoms with E-state index in [9.17, 15) is 9.50 Å². The first-order chi connectivity index (χ1) is 9.54. The Bertz CT molecular complexity index is 494. The van der Waals surface area contributed by atoms with Gasteiger partial charge >= 0.3 is 0 Å². The van der Waals surface area contributed by atoms with Gasteiger partial charge in [-0.15, -0.1) is 12.4 Å². The summed E-state index contributed by atoms with van der Waals surface area (Å²) >= 11 is 0. The molecular formula is C17H25ClFNO. The Morgan fingerprint density at radius 2 is 2.00 bits per heavy atom. The maximum absolute atomic E-state index is 14.2. The number of rotatable bonds is 3. The van der Waals surface area contributed by atoms with Gasteiger partial charge in [0.2, 0.25) is 0 Å². The van der Waals surface area contributed by atoms with Crippen LogP contribution < -0.4 is 0 Å². The van der Waals surface area contributed by atoms with Gasteiger partial charge < -0.3 is 10.0 Å². The van der Waals surface area contributed by atoms with Crippen LogP contribution in [0.4, 0.5) is 4.39 Å². The van der Waals surface area contributed by atoms with Gasteiger partial charge in [-0.25, -0.2) is 4.39 Å². The molecule has 3 rings (SSSR count). The molecule has 2 aliphatic carbocycles. The van der Waals surface area contributed by atoms with Crippen LogP contribution in [0.15, 0.2) is 18.2 Å². The van der Waals surface area contributed by atoms with Crippen molar-refractivity contribution in [3.05, 3.63) is 29.6 Å². The number of hydrogen-bond donors (Lipinski definition) is 1. The fourth-order valence-corrected chi connectivity index (χ4v) is 4.45. The zero-order chi connectivity index (χ0) is 14.3. The molecular weight excluding hydrogens is 289 g/mol. The summed E-state index contributed by atoms with van der Waals surface area (Å²) < 4.78 is 14.2. The van der Waals surface area contributed by atoms with Gasteiger partial charge in [0, 0.05) is 6.54 Å².